The van der Waals surface area contributed by atoms with E-state index in [0.29, 0.717) is 11.8 Å². The zero-order chi connectivity index (χ0) is 19.0. The normalized spacial score (nSPS) is 13.3. The molecule has 0 bridgehead atoms. The van der Waals surface area contributed by atoms with Gasteiger partial charge < -0.3 is 4.90 Å². The van der Waals surface area contributed by atoms with Gasteiger partial charge in [0.1, 0.15) is 0 Å². The highest BCUT2D eigenvalue weighted by Gasteiger charge is 2.18. The Hall–Kier alpha value is -1.90. The number of nitrogens with zero attached hydrogens (tertiary/aromatic N) is 2. The Balaban J connectivity index is 0.000000251. The van der Waals surface area contributed by atoms with E-state index in [0.717, 1.165) is 18.4 Å². The monoisotopic (exact) mass is 342 g/mol. The van der Waals surface area contributed by atoms with Crippen LogP contribution in [0, 0.1) is 5.92 Å². The third kappa shape index (κ3) is 6.85. The first-order chi connectivity index (χ1) is 11.8. The van der Waals surface area contributed by atoms with Gasteiger partial charge in [0.05, 0.1) is 0 Å². The molecule has 0 aliphatic heterocycles. The van der Waals surface area contributed by atoms with Crippen molar-refractivity contribution in [1.29, 1.82) is 0 Å². The van der Waals surface area contributed by atoms with Crippen molar-refractivity contribution in [2.24, 2.45) is 5.92 Å². The first kappa shape index (κ1) is 21.1. The third-order valence-corrected chi connectivity index (χ3v) is 4.24. The number of rotatable bonds is 5. The van der Waals surface area contributed by atoms with E-state index in [-0.39, 0.29) is 5.91 Å². The molecule has 3 heteroatoms. The summed E-state index contributed by atoms with van der Waals surface area (Å²) in [6.07, 6.45) is 7.11. The van der Waals surface area contributed by atoms with Crippen LogP contribution in [0.1, 0.15) is 64.8 Å². The van der Waals surface area contributed by atoms with Crippen molar-refractivity contribution in [1.82, 2.24) is 9.88 Å². The van der Waals surface area contributed by atoms with E-state index in [4.69, 9.17) is 0 Å². The number of carbonyl (C=O) groups excluding carboxylic acids is 1. The molecule has 0 aromatic carbocycles. The summed E-state index contributed by atoms with van der Waals surface area (Å²) in [6, 6.07) is 6.31. The molecular formula is C22H34N2O. The summed E-state index contributed by atoms with van der Waals surface area (Å²) >= 11 is 0. The number of aryl methyl sites for hydroxylation is 1. The van der Waals surface area contributed by atoms with E-state index in [2.05, 4.69) is 63.9 Å². The van der Waals surface area contributed by atoms with Gasteiger partial charge in [-0.15, -0.1) is 0 Å². The van der Waals surface area contributed by atoms with Gasteiger partial charge in [0, 0.05) is 31.1 Å². The Morgan fingerprint density at radius 1 is 1.12 bits per heavy atom. The van der Waals surface area contributed by atoms with Crippen LogP contribution < -0.4 is 0 Å². The van der Waals surface area contributed by atoms with Crippen molar-refractivity contribution in [3.63, 3.8) is 0 Å². The summed E-state index contributed by atoms with van der Waals surface area (Å²) in [4.78, 5) is 17.7. The molecule has 1 heterocycles. The van der Waals surface area contributed by atoms with E-state index in [1.807, 2.05) is 6.08 Å². The van der Waals surface area contributed by atoms with Crippen LogP contribution in [0.2, 0.25) is 0 Å². The van der Waals surface area contributed by atoms with Crippen LogP contribution in [0.15, 0.2) is 41.5 Å². The highest BCUT2D eigenvalue weighted by molar-refractivity contribution is 5.94. The lowest BCUT2D eigenvalue weighted by atomic mass is 10.0. The van der Waals surface area contributed by atoms with E-state index in [1.165, 1.54) is 23.4 Å². The van der Waals surface area contributed by atoms with Gasteiger partial charge in [-0.25, -0.2) is 0 Å². The van der Waals surface area contributed by atoms with Crippen molar-refractivity contribution in [2.75, 3.05) is 14.1 Å². The fraction of sp³-hybridized carbons (Fsp3) is 0.545. The predicted molar refractivity (Wildman–Crippen MR) is 107 cm³/mol. The van der Waals surface area contributed by atoms with E-state index >= 15 is 0 Å². The average Bonchev–Trinajstić information content (AvgIpc) is 3.05. The molecule has 1 aliphatic carbocycles. The van der Waals surface area contributed by atoms with E-state index in [1.54, 1.807) is 19.0 Å². The lowest BCUT2D eigenvalue weighted by Gasteiger charge is -2.12. The fourth-order valence-electron chi connectivity index (χ4n) is 2.59. The van der Waals surface area contributed by atoms with Gasteiger partial charge in [-0.2, -0.15) is 0 Å². The van der Waals surface area contributed by atoms with Crippen molar-refractivity contribution < 1.29 is 4.79 Å². The molecule has 138 valence electrons. The fourth-order valence-corrected chi connectivity index (χ4v) is 2.59. The number of carbonyl (C=O) groups is 1. The molecule has 0 radical (unpaired) electrons. The zero-order valence-corrected chi connectivity index (χ0v) is 17.0. The van der Waals surface area contributed by atoms with Gasteiger partial charge in [0.2, 0.25) is 5.91 Å². The van der Waals surface area contributed by atoms with Gasteiger partial charge >= 0.3 is 0 Å². The van der Waals surface area contributed by atoms with Crippen LogP contribution in [-0.4, -0.2) is 29.9 Å². The maximum absolute atomic E-state index is 11.5. The van der Waals surface area contributed by atoms with Gasteiger partial charge in [-0.3, -0.25) is 9.78 Å². The molecule has 2 rings (SSSR count). The summed E-state index contributed by atoms with van der Waals surface area (Å²) in [5, 5.41) is 0. The molecule has 1 aliphatic rings. The number of likely N-dealkylation sites (N-methyl/N-ethyl adjacent to an activating group) is 1. The Morgan fingerprint density at radius 3 is 2.28 bits per heavy atom. The SMILES string of the molecule is CC(C)C1=CC=C(C(=O)N(C)C)C1.CCCc1cccc(C(C)C)n1. The number of amides is 1. The summed E-state index contributed by atoms with van der Waals surface area (Å²) in [7, 11) is 3.58. The summed E-state index contributed by atoms with van der Waals surface area (Å²) in [5.41, 5.74) is 4.70. The number of hydrogen-bond donors (Lipinski definition) is 0. The second kappa shape index (κ2) is 10.2. The zero-order valence-electron chi connectivity index (χ0n) is 17.0. The van der Waals surface area contributed by atoms with Gasteiger partial charge in [0.15, 0.2) is 0 Å². The number of hydrogen-bond acceptors (Lipinski definition) is 2. The molecule has 1 aromatic heterocycles. The highest BCUT2D eigenvalue weighted by Crippen LogP contribution is 2.25. The molecule has 1 aromatic rings. The van der Waals surface area contributed by atoms with E-state index in [9.17, 15) is 4.79 Å². The molecule has 0 atom stereocenters. The Labute approximate surface area is 153 Å². The second-order valence-corrected chi connectivity index (χ2v) is 7.42. The van der Waals surface area contributed by atoms with Crippen LogP contribution in [0.25, 0.3) is 0 Å². The van der Waals surface area contributed by atoms with Crippen molar-refractivity contribution in [3.8, 4) is 0 Å². The maximum atomic E-state index is 11.5. The molecule has 0 fully saturated rings. The maximum Gasteiger partial charge on any atom is 0.249 e. The Bertz CT molecular complexity index is 625. The standard InChI is InChI=1S/C11H17NO.C11H17N/c1-8(2)9-5-6-10(7-9)11(13)12(3)4;1-4-6-10-7-5-8-11(12-10)9(2)3/h5-6,8H,7H2,1-4H3;5,7-9H,4,6H2,1-3H3. The lowest BCUT2D eigenvalue weighted by Crippen LogP contribution is -2.23. The Morgan fingerprint density at radius 2 is 1.80 bits per heavy atom. The van der Waals surface area contributed by atoms with Crippen LogP contribution in [0.3, 0.4) is 0 Å². The van der Waals surface area contributed by atoms with Crippen molar-refractivity contribution in [3.05, 3.63) is 52.9 Å². The predicted octanol–water partition coefficient (Wildman–Crippen LogP) is 5.14. The molecular weight excluding hydrogens is 308 g/mol. The highest BCUT2D eigenvalue weighted by atomic mass is 16.2. The van der Waals surface area contributed by atoms with Crippen LogP contribution in [0.4, 0.5) is 0 Å². The number of allylic oxidation sites excluding steroid dienone is 3. The quantitative estimate of drug-likeness (QED) is 0.742. The minimum Gasteiger partial charge on any atom is -0.345 e. The summed E-state index contributed by atoms with van der Waals surface area (Å²) in [5.74, 6) is 1.22. The molecule has 0 saturated carbocycles. The molecule has 1 amide bonds. The van der Waals surface area contributed by atoms with Crippen LogP contribution in [-0.2, 0) is 11.2 Å². The van der Waals surface area contributed by atoms with E-state index < -0.39 is 0 Å². The summed E-state index contributed by atoms with van der Waals surface area (Å²) in [6.45, 7) is 10.9. The minimum absolute atomic E-state index is 0.131. The Kier molecular flexibility index (Phi) is 8.60. The number of aromatic nitrogens is 1. The largest absolute Gasteiger partial charge is 0.345 e. The van der Waals surface area contributed by atoms with Crippen LogP contribution in [0.5, 0.6) is 0 Å². The van der Waals surface area contributed by atoms with Gasteiger partial charge in [0.25, 0.3) is 0 Å². The molecule has 0 unspecified atom stereocenters. The second-order valence-electron chi connectivity index (χ2n) is 7.42. The minimum atomic E-state index is 0.131. The molecule has 25 heavy (non-hydrogen) atoms. The number of pyridine rings is 1. The molecule has 0 N–H and O–H groups in total. The van der Waals surface area contributed by atoms with Gasteiger partial charge in [-0.1, -0.05) is 64.8 Å². The van der Waals surface area contributed by atoms with Crippen LogP contribution >= 0.6 is 0 Å². The van der Waals surface area contributed by atoms with Gasteiger partial charge in [-0.05, 0) is 36.8 Å². The molecule has 0 saturated heterocycles. The first-order valence-corrected chi connectivity index (χ1v) is 9.33. The smallest absolute Gasteiger partial charge is 0.249 e. The summed E-state index contributed by atoms with van der Waals surface area (Å²) < 4.78 is 0. The third-order valence-electron chi connectivity index (χ3n) is 4.24. The van der Waals surface area contributed by atoms with Crippen molar-refractivity contribution in [2.45, 2.75) is 59.8 Å². The van der Waals surface area contributed by atoms with Crippen molar-refractivity contribution >= 4 is 5.91 Å². The first-order valence-electron chi connectivity index (χ1n) is 9.33. The lowest BCUT2D eigenvalue weighted by molar-refractivity contribution is -0.124. The average molecular weight is 343 g/mol. The molecule has 3 nitrogen and oxygen atoms in total. The molecule has 0 spiro atoms. The topological polar surface area (TPSA) is 33.2 Å².